The van der Waals surface area contributed by atoms with Crippen molar-refractivity contribution in [3.8, 4) is 0 Å². The zero-order valence-electron chi connectivity index (χ0n) is 8.47. The molecule has 0 aromatic carbocycles. The predicted octanol–water partition coefficient (Wildman–Crippen LogP) is -1.59. The van der Waals surface area contributed by atoms with Gasteiger partial charge in [-0.2, -0.15) is 16.8 Å². The molecule has 102 valence electrons. The number of nitrogens with two attached hydrogens (primary N) is 1. The molecule has 7 N–H and O–H groups in total. The van der Waals surface area contributed by atoms with E-state index in [4.69, 9.17) is 45.9 Å². The lowest BCUT2D eigenvalue weighted by atomic mass is 10.1. The largest absolute Gasteiger partial charge is 0.394 e. The van der Waals surface area contributed by atoms with Gasteiger partial charge in [0.2, 0.25) is 0 Å². The highest BCUT2D eigenvalue weighted by atomic mass is 32.3. The van der Waals surface area contributed by atoms with E-state index in [9.17, 15) is 0 Å². The minimum absolute atomic E-state index is 0.326. The van der Waals surface area contributed by atoms with Crippen LogP contribution in [0.5, 0.6) is 0 Å². The molecule has 0 aliphatic rings. The van der Waals surface area contributed by atoms with Crippen molar-refractivity contribution in [2.45, 2.75) is 19.4 Å². The first-order valence-corrected chi connectivity index (χ1v) is 6.18. The molecular formula is C4H15NO9S2. The first-order valence-electron chi connectivity index (χ1n) is 3.38. The van der Waals surface area contributed by atoms with E-state index in [-0.39, 0.29) is 0 Å². The maximum Gasteiger partial charge on any atom is 0.394 e. The van der Waals surface area contributed by atoms with Gasteiger partial charge in [0.15, 0.2) is 0 Å². The van der Waals surface area contributed by atoms with E-state index < -0.39 is 26.4 Å². The molecule has 0 fully saturated rings. The van der Waals surface area contributed by atoms with Gasteiger partial charge in [-0.1, -0.05) is 0 Å². The third-order valence-electron chi connectivity index (χ3n) is 0.500. The van der Waals surface area contributed by atoms with Gasteiger partial charge in [-0.3, -0.25) is 18.2 Å². The molecule has 16 heavy (non-hydrogen) atoms. The van der Waals surface area contributed by atoms with Gasteiger partial charge >= 0.3 is 20.8 Å². The summed E-state index contributed by atoms with van der Waals surface area (Å²) < 4.78 is 63.2. The molecule has 0 radical (unpaired) electrons. The normalized spacial score (nSPS) is 11.8. The lowest BCUT2D eigenvalue weighted by molar-refractivity contribution is 0.0898. The smallest absolute Gasteiger partial charge is 0.389 e. The summed E-state index contributed by atoms with van der Waals surface area (Å²) in [5.74, 6) is 0. The zero-order valence-corrected chi connectivity index (χ0v) is 10.1. The van der Waals surface area contributed by atoms with E-state index in [1.165, 1.54) is 0 Å². The Hall–Kier alpha value is -0.340. The van der Waals surface area contributed by atoms with Gasteiger partial charge in [-0.05, 0) is 13.8 Å². The maximum absolute atomic E-state index is 8.74. The zero-order chi connectivity index (χ0) is 14.2. The van der Waals surface area contributed by atoms with E-state index in [1.54, 1.807) is 13.8 Å². The summed E-state index contributed by atoms with van der Waals surface area (Å²) in [4.78, 5) is 0. The fraction of sp³-hybridized carbons (Fsp3) is 1.00. The van der Waals surface area contributed by atoms with Gasteiger partial charge in [0.25, 0.3) is 0 Å². The van der Waals surface area contributed by atoms with Crippen LogP contribution >= 0.6 is 0 Å². The average molecular weight is 285 g/mol. The van der Waals surface area contributed by atoms with E-state index >= 15 is 0 Å². The second kappa shape index (κ2) is 7.86. The second-order valence-electron chi connectivity index (χ2n) is 2.91. The Morgan fingerprint density at radius 3 is 1.00 bits per heavy atom. The SMILES string of the molecule is CC(C)(O)CN.O=S(=O)(O)O.O=S(=O)(O)O. The van der Waals surface area contributed by atoms with E-state index in [2.05, 4.69) is 0 Å². The van der Waals surface area contributed by atoms with Gasteiger partial charge < -0.3 is 10.8 Å². The average Bonchev–Trinajstić information content (AvgIpc) is 1.77. The van der Waals surface area contributed by atoms with Crippen molar-refractivity contribution in [3.05, 3.63) is 0 Å². The lowest BCUT2D eigenvalue weighted by Gasteiger charge is -2.11. The van der Waals surface area contributed by atoms with Crippen molar-refractivity contribution in [1.82, 2.24) is 0 Å². The van der Waals surface area contributed by atoms with Crippen LogP contribution in [0.25, 0.3) is 0 Å². The molecule has 12 heteroatoms. The van der Waals surface area contributed by atoms with Crippen LogP contribution in [-0.2, 0) is 20.8 Å². The van der Waals surface area contributed by atoms with Crippen LogP contribution in [0.4, 0.5) is 0 Å². The molecule has 10 nitrogen and oxygen atoms in total. The number of rotatable bonds is 1. The van der Waals surface area contributed by atoms with Crippen molar-refractivity contribution >= 4 is 20.8 Å². The summed E-state index contributed by atoms with van der Waals surface area (Å²) in [6.07, 6.45) is 0. The first-order chi connectivity index (χ1) is 6.56. The lowest BCUT2D eigenvalue weighted by Crippen LogP contribution is -2.29. The Labute approximate surface area is 93.2 Å². The summed E-state index contributed by atoms with van der Waals surface area (Å²) in [5.41, 5.74) is 4.38. The Kier molecular flexibility index (Phi) is 10.3. The van der Waals surface area contributed by atoms with Gasteiger partial charge in [-0.25, -0.2) is 0 Å². The minimum atomic E-state index is -4.67. The fourth-order valence-corrected chi connectivity index (χ4v) is 0. The van der Waals surface area contributed by atoms with Gasteiger partial charge in [0, 0.05) is 6.54 Å². The van der Waals surface area contributed by atoms with Crippen molar-refractivity contribution < 1.29 is 40.2 Å². The number of hydrogen-bond donors (Lipinski definition) is 6. The van der Waals surface area contributed by atoms with Crippen LogP contribution in [0.15, 0.2) is 0 Å². The van der Waals surface area contributed by atoms with Crippen LogP contribution in [0.3, 0.4) is 0 Å². The van der Waals surface area contributed by atoms with Crippen molar-refractivity contribution in [2.24, 2.45) is 5.73 Å². The molecular weight excluding hydrogens is 270 g/mol. The summed E-state index contributed by atoms with van der Waals surface area (Å²) in [6.45, 7) is 3.67. The van der Waals surface area contributed by atoms with Crippen molar-refractivity contribution in [2.75, 3.05) is 6.54 Å². The number of hydrogen-bond acceptors (Lipinski definition) is 6. The predicted molar refractivity (Wildman–Crippen MR) is 53.7 cm³/mol. The van der Waals surface area contributed by atoms with Crippen LogP contribution in [0.1, 0.15) is 13.8 Å². The first kappa shape index (κ1) is 21.0. The molecule has 0 aromatic rings. The molecule has 0 rings (SSSR count). The highest BCUT2D eigenvalue weighted by Crippen LogP contribution is 1.93. The van der Waals surface area contributed by atoms with Crippen molar-refractivity contribution in [1.29, 1.82) is 0 Å². The van der Waals surface area contributed by atoms with E-state index in [0.29, 0.717) is 6.54 Å². The molecule has 0 saturated carbocycles. The molecule has 0 heterocycles. The van der Waals surface area contributed by atoms with Crippen LogP contribution in [-0.4, -0.2) is 52.3 Å². The fourth-order valence-electron chi connectivity index (χ4n) is 0. The third-order valence-corrected chi connectivity index (χ3v) is 0.500. The Balaban J connectivity index is -0.000000160. The summed E-state index contributed by atoms with van der Waals surface area (Å²) in [6, 6.07) is 0. The van der Waals surface area contributed by atoms with Gasteiger partial charge in [0.1, 0.15) is 0 Å². The third kappa shape index (κ3) is 309. The molecule has 0 aromatic heterocycles. The molecule has 0 atom stereocenters. The second-order valence-corrected chi connectivity index (χ2v) is 4.70. The quantitative estimate of drug-likeness (QED) is 0.305. The van der Waals surface area contributed by atoms with Crippen LogP contribution in [0.2, 0.25) is 0 Å². The van der Waals surface area contributed by atoms with E-state index in [0.717, 1.165) is 0 Å². The number of aliphatic hydroxyl groups is 1. The highest BCUT2D eigenvalue weighted by molar-refractivity contribution is 7.80. The van der Waals surface area contributed by atoms with Crippen molar-refractivity contribution in [3.63, 3.8) is 0 Å². The summed E-state index contributed by atoms with van der Waals surface area (Å²) in [7, 11) is -9.33. The topological polar surface area (TPSA) is 195 Å². The molecule has 0 aliphatic heterocycles. The highest BCUT2D eigenvalue weighted by Gasteiger charge is 2.06. The molecule has 0 bridgehead atoms. The molecule has 0 spiro atoms. The maximum atomic E-state index is 8.74. The van der Waals surface area contributed by atoms with Crippen LogP contribution in [0, 0.1) is 0 Å². The molecule has 0 aliphatic carbocycles. The monoisotopic (exact) mass is 285 g/mol. The summed E-state index contributed by atoms with van der Waals surface area (Å²) in [5, 5.41) is 8.70. The Morgan fingerprint density at radius 1 is 0.938 bits per heavy atom. The minimum Gasteiger partial charge on any atom is -0.389 e. The van der Waals surface area contributed by atoms with Crippen LogP contribution < -0.4 is 5.73 Å². The molecule has 0 unspecified atom stereocenters. The van der Waals surface area contributed by atoms with Gasteiger partial charge in [-0.15, -0.1) is 0 Å². The Bertz CT molecular complexity index is 303. The standard InChI is InChI=1S/C4H11NO.2H2O4S/c1-4(2,6)3-5;2*1-5(2,3)4/h6H,3,5H2,1-2H3;2*(H2,1,2,3,4). The van der Waals surface area contributed by atoms with Gasteiger partial charge in [0.05, 0.1) is 5.60 Å². The summed E-state index contributed by atoms with van der Waals surface area (Å²) >= 11 is 0. The Morgan fingerprint density at radius 2 is 1.00 bits per heavy atom. The molecule has 0 saturated heterocycles. The van der Waals surface area contributed by atoms with E-state index in [1.807, 2.05) is 0 Å². The molecule has 0 amide bonds.